The summed E-state index contributed by atoms with van der Waals surface area (Å²) < 4.78 is 0. The molecule has 3 rings (SSSR count). The molecule has 30 heavy (non-hydrogen) atoms. The molecular formula is C25H26N2O2S. The van der Waals surface area contributed by atoms with Crippen molar-refractivity contribution in [2.75, 3.05) is 17.6 Å². The molecule has 3 aromatic carbocycles. The largest absolute Gasteiger partial charge is 0.355 e. The van der Waals surface area contributed by atoms with Gasteiger partial charge in [-0.1, -0.05) is 60.7 Å². The standard InChI is InChI=1S/C25H26N2O2S/c1-19(28)27-22-12-14-23(15-13-22)30-18-25(29)26-17-16-24(20-8-4-2-5-9-20)21-10-6-3-7-11-21/h2-15,24H,16-18H2,1H3,(H,26,29)(H,27,28). The first-order valence-electron chi connectivity index (χ1n) is 9.99. The van der Waals surface area contributed by atoms with E-state index in [1.54, 1.807) is 0 Å². The zero-order valence-electron chi connectivity index (χ0n) is 17.0. The number of amides is 2. The van der Waals surface area contributed by atoms with Crippen molar-refractivity contribution < 1.29 is 9.59 Å². The van der Waals surface area contributed by atoms with Gasteiger partial charge in [0.2, 0.25) is 11.8 Å². The number of rotatable bonds is 9. The first kappa shape index (κ1) is 21.7. The molecule has 0 radical (unpaired) electrons. The van der Waals surface area contributed by atoms with Crippen LogP contribution in [0.5, 0.6) is 0 Å². The lowest BCUT2D eigenvalue weighted by atomic mass is 9.88. The molecule has 0 aromatic heterocycles. The van der Waals surface area contributed by atoms with Gasteiger partial charge in [0.1, 0.15) is 0 Å². The summed E-state index contributed by atoms with van der Waals surface area (Å²) >= 11 is 1.48. The number of carbonyl (C=O) groups is 2. The van der Waals surface area contributed by atoms with E-state index in [4.69, 9.17) is 0 Å². The molecule has 2 N–H and O–H groups in total. The molecule has 4 nitrogen and oxygen atoms in total. The van der Waals surface area contributed by atoms with Gasteiger partial charge in [0.25, 0.3) is 0 Å². The number of nitrogens with one attached hydrogen (secondary N) is 2. The predicted molar refractivity (Wildman–Crippen MR) is 124 cm³/mol. The fourth-order valence-corrected chi connectivity index (χ4v) is 4.02. The highest BCUT2D eigenvalue weighted by atomic mass is 32.2. The quantitative estimate of drug-likeness (QED) is 0.477. The number of benzene rings is 3. The minimum Gasteiger partial charge on any atom is -0.355 e. The highest BCUT2D eigenvalue weighted by Gasteiger charge is 2.14. The van der Waals surface area contributed by atoms with Crippen LogP contribution in [0.2, 0.25) is 0 Å². The van der Waals surface area contributed by atoms with Crippen molar-refractivity contribution in [2.45, 2.75) is 24.2 Å². The second-order valence-electron chi connectivity index (χ2n) is 7.01. The summed E-state index contributed by atoms with van der Waals surface area (Å²) in [6.07, 6.45) is 0.843. The molecule has 0 aliphatic rings. The van der Waals surface area contributed by atoms with Crippen LogP contribution >= 0.6 is 11.8 Å². The summed E-state index contributed by atoms with van der Waals surface area (Å²) in [5.41, 5.74) is 3.27. The van der Waals surface area contributed by atoms with Crippen LogP contribution in [0.15, 0.2) is 89.8 Å². The zero-order chi connectivity index (χ0) is 21.2. The monoisotopic (exact) mass is 418 g/mol. The lowest BCUT2D eigenvalue weighted by Crippen LogP contribution is -2.27. The Labute approximate surface area is 182 Å². The Morgan fingerprint density at radius 2 is 1.40 bits per heavy atom. The molecule has 0 spiro atoms. The highest BCUT2D eigenvalue weighted by molar-refractivity contribution is 8.00. The molecule has 0 aliphatic carbocycles. The summed E-state index contributed by atoms with van der Waals surface area (Å²) in [5.74, 6) is 0.535. The van der Waals surface area contributed by atoms with Crippen LogP contribution in [-0.2, 0) is 9.59 Å². The molecule has 0 fully saturated rings. The topological polar surface area (TPSA) is 58.2 Å². The molecule has 0 heterocycles. The van der Waals surface area contributed by atoms with Gasteiger partial charge in [-0.15, -0.1) is 11.8 Å². The van der Waals surface area contributed by atoms with Crippen LogP contribution in [0.1, 0.15) is 30.4 Å². The van der Waals surface area contributed by atoms with Crippen LogP contribution in [0, 0.1) is 0 Å². The molecule has 0 saturated heterocycles. The zero-order valence-corrected chi connectivity index (χ0v) is 17.8. The SMILES string of the molecule is CC(=O)Nc1ccc(SCC(=O)NCCC(c2ccccc2)c2ccccc2)cc1. The van der Waals surface area contributed by atoms with Crippen LogP contribution in [0.25, 0.3) is 0 Å². The Morgan fingerprint density at radius 3 is 1.93 bits per heavy atom. The van der Waals surface area contributed by atoms with Crippen molar-refractivity contribution in [2.24, 2.45) is 0 Å². The van der Waals surface area contributed by atoms with Crippen LogP contribution in [0.4, 0.5) is 5.69 Å². The van der Waals surface area contributed by atoms with Crippen molar-refractivity contribution in [1.82, 2.24) is 5.32 Å². The van der Waals surface area contributed by atoms with Gasteiger partial charge >= 0.3 is 0 Å². The van der Waals surface area contributed by atoms with E-state index in [0.29, 0.717) is 12.3 Å². The van der Waals surface area contributed by atoms with E-state index in [0.717, 1.165) is 17.0 Å². The van der Waals surface area contributed by atoms with Crippen LogP contribution in [0.3, 0.4) is 0 Å². The molecule has 3 aromatic rings. The molecule has 0 bridgehead atoms. The van der Waals surface area contributed by atoms with Gasteiger partial charge in [-0.3, -0.25) is 9.59 Å². The van der Waals surface area contributed by atoms with Gasteiger partial charge in [-0.2, -0.15) is 0 Å². The summed E-state index contributed by atoms with van der Waals surface area (Å²) in [5, 5.41) is 5.78. The fourth-order valence-electron chi connectivity index (χ4n) is 3.29. The first-order valence-corrected chi connectivity index (χ1v) is 11.0. The van der Waals surface area contributed by atoms with Crippen molar-refractivity contribution in [3.05, 3.63) is 96.1 Å². The summed E-state index contributed by atoms with van der Waals surface area (Å²) in [4.78, 5) is 24.4. The third-order valence-corrected chi connectivity index (χ3v) is 5.72. The Balaban J connectivity index is 1.49. The minimum atomic E-state index is -0.0981. The second kappa shape index (κ2) is 11.2. The lowest BCUT2D eigenvalue weighted by molar-refractivity contribution is -0.118. The van der Waals surface area contributed by atoms with Crippen LogP contribution in [-0.4, -0.2) is 24.1 Å². The smallest absolute Gasteiger partial charge is 0.230 e. The molecule has 2 amide bonds. The molecule has 0 atom stereocenters. The third kappa shape index (κ3) is 6.78. The Bertz CT molecular complexity index is 904. The van der Waals surface area contributed by atoms with Crippen molar-refractivity contribution in [3.63, 3.8) is 0 Å². The van der Waals surface area contributed by atoms with E-state index in [-0.39, 0.29) is 17.7 Å². The van der Waals surface area contributed by atoms with E-state index in [1.165, 1.54) is 29.8 Å². The van der Waals surface area contributed by atoms with E-state index in [1.807, 2.05) is 36.4 Å². The molecule has 5 heteroatoms. The maximum absolute atomic E-state index is 12.3. The van der Waals surface area contributed by atoms with E-state index in [2.05, 4.69) is 59.2 Å². The third-order valence-electron chi connectivity index (χ3n) is 4.70. The first-order chi connectivity index (χ1) is 14.6. The maximum Gasteiger partial charge on any atom is 0.230 e. The molecule has 0 unspecified atom stereocenters. The second-order valence-corrected chi connectivity index (χ2v) is 8.06. The Hall–Kier alpha value is -3.05. The minimum absolute atomic E-state index is 0.0193. The lowest BCUT2D eigenvalue weighted by Gasteiger charge is -2.18. The van der Waals surface area contributed by atoms with Gasteiger partial charge in [0, 0.05) is 30.0 Å². The maximum atomic E-state index is 12.3. The van der Waals surface area contributed by atoms with E-state index >= 15 is 0 Å². The number of hydrogen-bond donors (Lipinski definition) is 2. The number of thioether (sulfide) groups is 1. The van der Waals surface area contributed by atoms with Crippen molar-refractivity contribution in [3.8, 4) is 0 Å². The summed E-state index contributed by atoms with van der Waals surface area (Å²) in [6, 6.07) is 28.3. The van der Waals surface area contributed by atoms with E-state index < -0.39 is 0 Å². The molecule has 0 aliphatic heterocycles. The summed E-state index contributed by atoms with van der Waals surface area (Å²) in [6.45, 7) is 2.10. The van der Waals surface area contributed by atoms with Gasteiger partial charge < -0.3 is 10.6 Å². The average molecular weight is 419 g/mol. The van der Waals surface area contributed by atoms with Crippen molar-refractivity contribution in [1.29, 1.82) is 0 Å². The van der Waals surface area contributed by atoms with Gasteiger partial charge in [-0.05, 0) is 41.8 Å². The summed E-state index contributed by atoms with van der Waals surface area (Å²) in [7, 11) is 0. The fraction of sp³-hybridized carbons (Fsp3) is 0.200. The van der Waals surface area contributed by atoms with Gasteiger partial charge in [-0.25, -0.2) is 0 Å². The molecule has 0 saturated carbocycles. The number of hydrogen-bond acceptors (Lipinski definition) is 3. The Kier molecular flexibility index (Phi) is 8.10. The molecule has 154 valence electrons. The Morgan fingerprint density at radius 1 is 0.833 bits per heavy atom. The van der Waals surface area contributed by atoms with Crippen molar-refractivity contribution >= 4 is 29.3 Å². The predicted octanol–water partition coefficient (Wildman–Crippen LogP) is 5.08. The van der Waals surface area contributed by atoms with Crippen LogP contribution < -0.4 is 10.6 Å². The number of anilines is 1. The van der Waals surface area contributed by atoms with Gasteiger partial charge in [0.15, 0.2) is 0 Å². The number of carbonyl (C=O) groups excluding carboxylic acids is 2. The highest BCUT2D eigenvalue weighted by Crippen LogP contribution is 2.27. The average Bonchev–Trinajstić information content (AvgIpc) is 2.77. The normalized spacial score (nSPS) is 10.6. The van der Waals surface area contributed by atoms with Gasteiger partial charge in [0.05, 0.1) is 5.75 Å². The molecular weight excluding hydrogens is 392 g/mol. The van der Waals surface area contributed by atoms with E-state index in [9.17, 15) is 9.59 Å².